The van der Waals surface area contributed by atoms with Crippen molar-refractivity contribution in [3.05, 3.63) is 37.4 Å². The molecular formula is C10H4Br3F3N2. The zero-order valence-electron chi connectivity index (χ0n) is 8.45. The molecule has 0 aliphatic heterocycles. The Hall–Kier alpha value is -0.340. The zero-order chi connectivity index (χ0) is 13.5. The first-order valence-corrected chi connectivity index (χ1v) is 6.95. The van der Waals surface area contributed by atoms with Crippen LogP contribution in [0.5, 0.6) is 0 Å². The van der Waals surface area contributed by atoms with Crippen LogP contribution in [0.3, 0.4) is 0 Å². The van der Waals surface area contributed by atoms with E-state index in [9.17, 15) is 13.2 Å². The fourth-order valence-electron chi connectivity index (χ4n) is 1.46. The molecule has 0 aliphatic rings. The summed E-state index contributed by atoms with van der Waals surface area (Å²) in [7, 11) is 0. The first-order chi connectivity index (χ1) is 8.30. The predicted molar refractivity (Wildman–Crippen MR) is 72.1 cm³/mol. The summed E-state index contributed by atoms with van der Waals surface area (Å²) in [6.45, 7) is 0. The van der Waals surface area contributed by atoms with Crippen molar-refractivity contribution in [3.8, 4) is 11.1 Å². The summed E-state index contributed by atoms with van der Waals surface area (Å²) in [6, 6.07) is 4.99. The van der Waals surface area contributed by atoms with E-state index >= 15 is 0 Å². The van der Waals surface area contributed by atoms with Gasteiger partial charge in [0.1, 0.15) is 10.3 Å². The van der Waals surface area contributed by atoms with E-state index in [0.29, 0.717) is 14.5 Å². The number of H-pyrrole nitrogens is 1. The molecule has 18 heavy (non-hydrogen) atoms. The molecule has 1 N–H and O–H groups in total. The summed E-state index contributed by atoms with van der Waals surface area (Å²) < 4.78 is 39.9. The topological polar surface area (TPSA) is 28.7 Å². The highest BCUT2D eigenvalue weighted by molar-refractivity contribution is 9.11. The summed E-state index contributed by atoms with van der Waals surface area (Å²) in [5.41, 5.74) is -0.499. The van der Waals surface area contributed by atoms with Crippen LogP contribution in [0, 0.1) is 0 Å². The maximum absolute atomic E-state index is 12.9. The third-order valence-corrected chi connectivity index (χ3v) is 3.96. The fraction of sp³-hybridized carbons (Fsp3) is 0.100. The van der Waals surface area contributed by atoms with Gasteiger partial charge in [-0.2, -0.15) is 18.3 Å². The van der Waals surface area contributed by atoms with Crippen LogP contribution in [0.2, 0.25) is 0 Å². The Bertz CT molecular complexity index is 593. The molecule has 1 aromatic carbocycles. The first kappa shape index (κ1) is 14.1. The Morgan fingerprint density at radius 3 is 2.39 bits per heavy atom. The van der Waals surface area contributed by atoms with Crippen LogP contribution < -0.4 is 0 Å². The Labute approximate surface area is 125 Å². The molecule has 2 rings (SSSR count). The predicted octanol–water partition coefficient (Wildman–Crippen LogP) is 5.38. The lowest BCUT2D eigenvalue weighted by atomic mass is 10.1. The lowest BCUT2D eigenvalue weighted by molar-refractivity contribution is -0.140. The molecule has 8 heteroatoms. The van der Waals surface area contributed by atoms with E-state index in [-0.39, 0.29) is 10.2 Å². The van der Waals surface area contributed by atoms with Crippen molar-refractivity contribution in [1.29, 1.82) is 0 Å². The van der Waals surface area contributed by atoms with Crippen molar-refractivity contribution in [3.63, 3.8) is 0 Å². The third-order valence-electron chi connectivity index (χ3n) is 2.20. The highest BCUT2D eigenvalue weighted by atomic mass is 79.9. The average Bonchev–Trinajstić information content (AvgIpc) is 2.63. The molecule has 0 radical (unpaired) electrons. The van der Waals surface area contributed by atoms with Crippen LogP contribution in [-0.2, 0) is 6.18 Å². The van der Waals surface area contributed by atoms with Gasteiger partial charge in [0.25, 0.3) is 0 Å². The highest BCUT2D eigenvalue weighted by Gasteiger charge is 2.37. The first-order valence-electron chi connectivity index (χ1n) is 4.57. The van der Waals surface area contributed by atoms with Crippen molar-refractivity contribution in [2.24, 2.45) is 0 Å². The van der Waals surface area contributed by atoms with Gasteiger partial charge in [-0.15, -0.1) is 0 Å². The van der Waals surface area contributed by atoms with Gasteiger partial charge in [0, 0.05) is 20.1 Å². The largest absolute Gasteiger partial charge is 0.433 e. The molecule has 2 aromatic rings. The number of benzene rings is 1. The standard InChI is InChI=1S/C10H4Br3F3N2/c11-4-1-2-6(12)5(3-4)7-8(10(14,15)16)17-18-9(7)13/h1-3H,(H,17,18). The van der Waals surface area contributed by atoms with Crippen LogP contribution >= 0.6 is 47.8 Å². The molecule has 1 aromatic heterocycles. The number of hydrogen-bond donors (Lipinski definition) is 1. The van der Waals surface area contributed by atoms with Crippen molar-refractivity contribution in [1.82, 2.24) is 10.2 Å². The maximum Gasteiger partial charge on any atom is 0.433 e. The number of nitrogens with one attached hydrogen (secondary N) is 1. The van der Waals surface area contributed by atoms with Gasteiger partial charge in [-0.25, -0.2) is 0 Å². The van der Waals surface area contributed by atoms with E-state index in [0.717, 1.165) is 0 Å². The van der Waals surface area contributed by atoms with E-state index in [1.54, 1.807) is 18.2 Å². The zero-order valence-corrected chi connectivity index (χ0v) is 13.2. The number of hydrogen-bond acceptors (Lipinski definition) is 1. The van der Waals surface area contributed by atoms with Gasteiger partial charge >= 0.3 is 6.18 Å². The number of aromatic nitrogens is 2. The average molecular weight is 449 g/mol. The van der Waals surface area contributed by atoms with Crippen LogP contribution in [-0.4, -0.2) is 10.2 Å². The van der Waals surface area contributed by atoms with E-state index in [2.05, 4.69) is 52.9 Å². The minimum absolute atomic E-state index is 0.0179. The summed E-state index contributed by atoms with van der Waals surface area (Å²) in [6.07, 6.45) is -4.49. The third kappa shape index (κ3) is 2.65. The number of nitrogens with zero attached hydrogens (tertiary/aromatic N) is 1. The second kappa shape index (κ2) is 4.97. The lowest BCUT2D eigenvalue weighted by Crippen LogP contribution is -2.07. The second-order valence-corrected chi connectivity index (χ2v) is 5.91. The van der Waals surface area contributed by atoms with Gasteiger partial charge in [0.15, 0.2) is 0 Å². The van der Waals surface area contributed by atoms with Crippen LogP contribution in [0.1, 0.15) is 5.69 Å². The Kier molecular flexibility index (Phi) is 3.89. The van der Waals surface area contributed by atoms with E-state index < -0.39 is 11.9 Å². The molecule has 0 unspecified atom stereocenters. The normalized spacial score (nSPS) is 11.9. The number of halogens is 6. The summed E-state index contributed by atoms with van der Waals surface area (Å²) in [5.74, 6) is 0. The van der Waals surface area contributed by atoms with E-state index in [1.165, 1.54) is 0 Å². The van der Waals surface area contributed by atoms with Crippen LogP contribution in [0.4, 0.5) is 13.2 Å². The number of aromatic amines is 1. The molecule has 0 spiro atoms. The molecule has 0 aliphatic carbocycles. The Morgan fingerprint density at radius 2 is 1.78 bits per heavy atom. The Balaban J connectivity index is 2.71. The van der Waals surface area contributed by atoms with Crippen molar-refractivity contribution in [2.45, 2.75) is 6.18 Å². The van der Waals surface area contributed by atoms with Crippen molar-refractivity contribution in [2.75, 3.05) is 0 Å². The molecule has 0 atom stereocenters. The highest BCUT2D eigenvalue weighted by Crippen LogP contribution is 2.42. The summed E-state index contributed by atoms with van der Waals surface area (Å²) in [5, 5.41) is 5.57. The van der Waals surface area contributed by atoms with Gasteiger partial charge in [-0.3, -0.25) is 5.10 Å². The summed E-state index contributed by atoms with van der Waals surface area (Å²) >= 11 is 9.50. The lowest BCUT2D eigenvalue weighted by Gasteiger charge is -2.09. The molecule has 0 fully saturated rings. The number of rotatable bonds is 1. The van der Waals surface area contributed by atoms with Crippen LogP contribution in [0.15, 0.2) is 31.7 Å². The van der Waals surface area contributed by atoms with E-state index in [1.807, 2.05) is 5.10 Å². The smallest absolute Gasteiger partial charge is 0.272 e. The molecule has 0 saturated heterocycles. The van der Waals surface area contributed by atoms with Crippen molar-refractivity contribution >= 4 is 47.8 Å². The van der Waals surface area contributed by atoms with Crippen LogP contribution in [0.25, 0.3) is 11.1 Å². The van der Waals surface area contributed by atoms with Gasteiger partial charge in [-0.05, 0) is 34.1 Å². The Morgan fingerprint density at radius 1 is 1.11 bits per heavy atom. The second-order valence-electron chi connectivity index (χ2n) is 3.39. The summed E-state index contributed by atoms with van der Waals surface area (Å²) in [4.78, 5) is 0. The minimum atomic E-state index is -4.49. The van der Waals surface area contributed by atoms with Gasteiger partial charge in [0.05, 0.1) is 0 Å². The molecule has 0 saturated carbocycles. The maximum atomic E-state index is 12.9. The molecule has 1 heterocycles. The van der Waals surface area contributed by atoms with Gasteiger partial charge < -0.3 is 0 Å². The van der Waals surface area contributed by atoms with Gasteiger partial charge in [-0.1, -0.05) is 31.9 Å². The van der Waals surface area contributed by atoms with Gasteiger partial charge in [0.2, 0.25) is 0 Å². The van der Waals surface area contributed by atoms with E-state index in [4.69, 9.17) is 0 Å². The molecule has 2 nitrogen and oxygen atoms in total. The SMILES string of the molecule is FC(F)(F)c1[nH]nc(Br)c1-c1cc(Br)ccc1Br. The monoisotopic (exact) mass is 446 g/mol. The fourth-order valence-corrected chi connectivity index (χ4v) is 2.77. The minimum Gasteiger partial charge on any atom is -0.272 e. The molecule has 0 bridgehead atoms. The number of alkyl halides is 3. The molecule has 0 amide bonds. The quantitative estimate of drug-likeness (QED) is 0.623. The van der Waals surface area contributed by atoms with Crippen molar-refractivity contribution < 1.29 is 13.2 Å². The molecular weight excluding hydrogens is 445 g/mol. The molecule has 96 valence electrons.